The summed E-state index contributed by atoms with van der Waals surface area (Å²) in [5.74, 6) is 5.92. The van der Waals surface area contributed by atoms with Crippen LogP contribution in [0.25, 0.3) is 0 Å². The third-order valence-electron chi connectivity index (χ3n) is 1.92. The van der Waals surface area contributed by atoms with Gasteiger partial charge in [-0.25, -0.2) is 0 Å². The van der Waals surface area contributed by atoms with Gasteiger partial charge in [0, 0.05) is 0 Å². The summed E-state index contributed by atoms with van der Waals surface area (Å²) in [5, 5.41) is 12.7. The summed E-state index contributed by atoms with van der Waals surface area (Å²) < 4.78 is 0. The van der Waals surface area contributed by atoms with Gasteiger partial charge in [0.2, 0.25) is 0 Å². The maximum atomic E-state index is 9.44. The summed E-state index contributed by atoms with van der Waals surface area (Å²) in [4.78, 5) is 0. The van der Waals surface area contributed by atoms with Crippen LogP contribution in [0, 0.1) is 11.8 Å². The number of hydrogen-bond donors (Lipinski definition) is 2. The lowest BCUT2D eigenvalue weighted by Crippen LogP contribution is -2.40. The van der Waals surface area contributed by atoms with Crippen LogP contribution in [0.2, 0.25) is 0 Å². The van der Waals surface area contributed by atoms with Gasteiger partial charge in [-0.1, -0.05) is 25.7 Å². The average Bonchev–Trinajstić information content (AvgIpc) is 2.01. The van der Waals surface area contributed by atoms with Crippen molar-refractivity contribution in [1.82, 2.24) is 5.32 Å². The molecule has 0 aliphatic heterocycles. The summed E-state index contributed by atoms with van der Waals surface area (Å²) in [6.07, 6.45) is 0.934. The van der Waals surface area contributed by atoms with Crippen LogP contribution in [0.3, 0.4) is 0 Å². The molecule has 0 aromatic rings. The van der Waals surface area contributed by atoms with Crippen LogP contribution in [0.5, 0.6) is 0 Å². The van der Waals surface area contributed by atoms with Gasteiger partial charge in [-0.15, -0.1) is 0 Å². The lowest BCUT2D eigenvalue weighted by molar-refractivity contribution is 0.143. The van der Waals surface area contributed by atoms with Crippen molar-refractivity contribution in [3.63, 3.8) is 0 Å². The second-order valence-corrected chi connectivity index (χ2v) is 4.03. The minimum Gasteiger partial charge on any atom is -0.378 e. The lowest BCUT2D eigenvalue weighted by Gasteiger charge is -2.23. The van der Waals surface area contributed by atoms with Crippen LogP contribution < -0.4 is 5.32 Å². The van der Waals surface area contributed by atoms with Crippen LogP contribution in [0.4, 0.5) is 0 Å². The maximum Gasteiger partial charge on any atom is 0.120 e. The highest BCUT2D eigenvalue weighted by Gasteiger charge is 2.17. The van der Waals surface area contributed by atoms with Gasteiger partial charge in [0.15, 0.2) is 0 Å². The van der Waals surface area contributed by atoms with Crippen molar-refractivity contribution in [2.24, 2.45) is 0 Å². The van der Waals surface area contributed by atoms with Gasteiger partial charge in [0.1, 0.15) is 5.60 Å². The first-order valence-corrected chi connectivity index (χ1v) is 4.84. The summed E-state index contributed by atoms with van der Waals surface area (Å²) in [7, 11) is 0. The van der Waals surface area contributed by atoms with E-state index in [1.54, 1.807) is 13.8 Å². The summed E-state index contributed by atoms with van der Waals surface area (Å²) in [5.41, 5.74) is -1.07. The Labute approximate surface area is 81.7 Å². The zero-order chi connectivity index (χ0) is 10.5. The van der Waals surface area contributed by atoms with Crippen LogP contribution in [0.15, 0.2) is 0 Å². The second kappa shape index (κ2) is 4.64. The Hall–Kier alpha value is -0.520. The first-order chi connectivity index (χ1) is 5.83. The van der Waals surface area contributed by atoms with Gasteiger partial charge in [0.05, 0.1) is 5.54 Å². The molecule has 1 atom stereocenters. The van der Waals surface area contributed by atoms with E-state index in [0.717, 1.165) is 13.0 Å². The van der Waals surface area contributed by atoms with Gasteiger partial charge in [0.25, 0.3) is 0 Å². The summed E-state index contributed by atoms with van der Waals surface area (Å²) >= 11 is 0. The van der Waals surface area contributed by atoms with E-state index in [9.17, 15) is 5.11 Å². The SMILES string of the molecule is CCNC(C)(C#CC(C)(C)O)CC. The van der Waals surface area contributed by atoms with E-state index in [4.69, 9.17) is 0 Å². The van der Waals surface area contributed by atoms with Gasteiger partial charge < -0.3 is 10.4 Å². The molecule has 1 unspecified atom stereocenters. The highest BCUT2D eigenvalue weighted by Crippen LogP contribution is 2.08. The molecule has 0 heterocycles. The normalized spacial score (nSPS) is 15.8. The fourth-order valence-corrected chi connectivity index (χ4v) is 0.939. The summed E-state index contributed by atoms with van der Waals surface area (Å²) in [6.45, 7) is 10.5. The zero-order valence-corrected chi connectivity index (χ0v) is 9.36. The van der Waals surface area contributed by atoms with Gasteiger partial charge in [-0.2, -0.15) is 0 Å². The summed E-state index contributed by atoms with van der Waals surface area (Å²) in [6, 6.07) is 0. The van der Waals surface area contributed by atoms with Crippen molar-refractivity contribution in [3.05, 3.63) is 0 Å². The largest absolute Gasteiger partial charge is 0.378 e. The monoisotopic (exact) mass is 183 g/mol. The Morgan fingerprint density at radius 2 is 1.69 bits per heavy atom. The predicted octanol–water partition coefficient (Wildman–Crippen LogP) is 1.54. The minimum atomic E-state index is -0.897. The quantitative estimate of drug-likeness (QED) is 0.650. The van der Waals surface area contributed by atoms with E-state index in [-0.39, 0.29) is 5.54 Å². The molecule has 0 saturated carbocycles. The molecule has 2 nitrogen and oxygen atoms in total. The molecule has 0 fully saturated rings. The molecule has 0 rings (SSSR count). The van der Waals surface area contributed by atoms with Crippen LogP contribution in [-0.2, 0) is 0 Å². The molecule has 0 saturated heterocycles. The molecule has 2 N–H and O–H groups in total. The molecule has 0 radical (unpaired) electrons. The number of rotatable bonds is 3. The van der Waals surface area contributed by atoms with E-state index in [2.05, 4.69) is 37.9 Å². The van der Waals surface area contributed by atoms with Crippen molar-refractivity contribution in [1.29, 1.82) is 0 Å². The number of aliphatic hydroxyl groups is 1. The fraction of sp³-hybridized carbons (Fsp3) is 0.818. The van der Waals surface area contributed by atoms with E-state index in [0.29, 0.717) is 0 Å². The van der Waals surface area contributed by atoms with Crippen LogP contribution in [0.1, 0.15) is 41.0 Å². The molecule has 2 heteroatoms. The lowest BCUT2D eigenvalue weighted by atomic mass is 9.98. The minimum absolute atomic E-state index is 0.172. The molecule has 0 amide bonds. The van der Waals surface area contributed by atoms with E-state index in [1.165, 1.54) is 0 Å². The van der Waals surface area contributed by atoms with Crippen LogP contribution >= 0.6 is 0 Å². The molecule has 0 aromatic heterocycles. The molecule has 0 aliphatic carbocycles. The fourth-order valence-electron chi connectivity index (χ4n) is 0.939. The third kappa shape index (κ3) is 5.68. The molecule has 13 heavy (non-hydrogen) atoms. The van der Waals surface area contributed by atoms with E-state index < -0.39 is 5.60 Å². The molecule has 76 valence electrons. The Bertz CT molecular complexity index is 206. The van der Waals surface area contributed by atoms with Gasteiger partial charge in [-0.3, -0.25) is 0 Å². The van der Waals surface area contributed by atoms with Crippen molar-refractivity contribution in [2.45, 2.75) is 52.2 Å². The van der Waals surface area contributed by atoms with Crippen LogP contribution in [-0.4, -0.2) is 22.8 Å². The zero-order valence-electron chi connectivity index (χ0n) is 9.36. The molecule has 0 bridgehead atoms. The standard InChI is InChI=1S/C11H21NO/c1-6-11(5,12-7-2)9-8-10(3,4)13/h12-13H,6-7H2,1-5H3. The third-order valence-corrected chi connectivity index (χ3v) is 1.92. The maximum absolute atomic E-state index is 9.44. The Balaban J connectivity index is 4.48. The van der Waals surface area contributed by atoms with Crippen molar-refractivity contribution in [2.75, 3.05) is 6.54 Å². The molecule has 0 aliphatic rings. The predicted molar refractivity (Wildman–Crippen MR) is 56.4 cm³/mol. The Morgan fingerprint density at radius 1 is 1.15 bits per heavy atom. The Morgan fingerprint density at radius 3 is 2.00 bits per heavy atom. The second-order valence-electron chi connectivity index (χ2n) is 4.03. The number of hydrogen-bond acceptors (Lipinski definition) is 2. The first-order valence-electron chi connectivity index (χ1n) is 4.84. The van der Waals surface area contributed by atoms with Gasteiger partial charge in [-0.05, 0) is 33.7 Å². The van der Waals surface area contributed by atoms with Crippen molar-refractivity contribution >= 4 is 0 Å². The highest BCUT2D eigenvalue weighted by atomic mass is 16.3. The average molecular weight is 183 g/mol. The molecule has 0 aromatic carbocycles. The van der Waals surface area contributed by atoms with Crippen molar-refractivity contribution < 1.29 is 5.11 Å². The first kappa shape index (κ1) is 12.5. The molecular formula is C11H21NO. The smallest absolute Gasteiger partial charge is 0.120 e. The molecule has 0 spiro atoms. The Kier molecular flexibility index (Phi) is 4.46. The van der Waals surface area contributed by atoms with E-state index >= 15 is 0 Å². The molecular weight excluding hydrogens is 162 g/mol. The number of nitrogens with one attached hydrogen (secondary N) is 1. The topological polar surface area (TPSA) is 32.3 Å². The van der Waals surface area contributed by atoms with Gasteiger partial charge >= 0.3 is 0 Å². The highest BCUT2D eigenvalue weighted by molar-refractivity contribution is 5.20. The van der Waals surface area contributed by atoms with Crippen molar-refractivity contribution in [3.8, 4) is 11.8 Å². The van der Waals surface area contributed by atoms with E-state index in [1.807, 2.05) is 0 Å².